The minimum absolute atomic E-state index is 0.298. The van der Waals surface area contributed by atoms with Crippen molar-refractivity contribution in [1.29, 1.82) is 0 Å². The number of rotatable bonds is 1. The average molecular weight is 186 g/mol. The Kier molecular flexibility index (Phi) is 2.14. The molecule has 70 valence electrons. The molecular weight excluding hydrogens is 176 g/mol. The minimum Gasteiger partial charge on any atom is -0.508 e. The maximum absolute atomic E-state index is 9.52. The summed E-state index contributed by atoms with van der Waals surface area (Å²) in [5.74, 6) is 0.298. The van der Waals surface area contributed by atoms with Gasteiger partial charge in [0.1, 0.15) is 12.1 Å². The third-order valence-electron chi connectivity index (χ3n) is 2.10. The number of aryl methyl sites for hydroxylation is 1. The zero-order valence-electron chi connectivity index (χ0n) is 7.81. The molecule has 0 fully saturated rings. The third-order valence-corrected chi connectivity index (χ3v) is 2.10. The lowest BCUT2D eigenvalue weighted by molar-refractivity contribution is 0.471. The number of hydrogen-bond donors (Lipinski definition) is 1. The predicted octanol–water partition coefficient (Wildman–Crippen LogP) is 2.16. The number of hydrogen-bond acceptors (Lipinski definition) is 3. The lowest BCUT2D eigenvalue weighted by Crippen LogP contribution is -1.82. The van der Waals surface area contributed by atoms with Gasteiger partial charge in [-0.1, -0.05) is 12.1 Å². The molecule has 3 heteroatoms. The number of phenolic OH excluding ortho intramolecular Hbond substituents is 1. The van der Waals surface area contributed by atoms with Gasteiger partial charge in [0.25, 0.3) is 0 Å². The van der Waals surface area contributed by atoms with E-state index >= 15 is 0 Å². The first kappa shape index (κ1) is 8.69. The average Bonchev–Trinajstić information content (AvgIpc) is 2.23. The van der Waals surface area contributed by atoms with Crippen LogP contribution in [0.25, 0.3) is 11.1 Å². The second kappa shape index (κ2) is 3.46. The Morgan fingerprint density at radius 2 is 1.79 bits per heavy atom. The first-order chi connectivity index (χ1) is 6.77. The van der Waals surface area contributed by atoms with Gasteiger partial charge in [0.15, 0.2) is 0 Å². The van der Waals surface area contributed by atoms with Gasteiger partial charge in [-0.2, -0.15) is 0 Å². The van der Waals surface area contributed by atoms with Crippen molar-refractivity contribution in [2.45, 2.75) is 6.92 Å². The summed E-state index contributed by atoms with van der Waals surface area (Å²) < 4.78 is 0. The van der Waals surface area contributed by atoms with E-state index in [1.165, 1.54) is 6.33 Å². The molecule has 14 heavy (non-hydrogen) atoms. The molecule has 3 nitrogen and oxygen atoms in total. The number of aromatic hydroxyl groups is 1. The fourth-order valence-corrected chi connectivity index (χ4v) is 1.24. The number of aromatic nitrogens is 2. The summed E-state index contributed by atoms with van der Waals surface area (Å²) in [4.78, 5) is 7.84. The Labute approximate surface area is 82.1 Å². The van der Waals surface area contributed by atoms with E-state index in [0.717, 1.165) is 16.7 Å². The van der Waals surface area contributed by atoms with Crippen LogP contribution in [0.5, 0.6) is 5.75 Å². The van der Waals surface area contributed by atoms with E-state index in [1.54, 1.807) is 18.5 Å². The normalized spacial score (nSPS) is 10.1. The van der Waals surface area contributed by atoms with Crippen LogP contribution in [0.4, 0.5) is 0 Å². The van der Waals surface area contributed by atoms with Crippen LogP contribution in [-0.2, 0) is 0 Å². The highest BCUT2D eigenvalue weighted by Gasteiger charge is 2.00. The van der Waals surface area contributed by atoms with Gasteiger partial charge in [-0.15, -0.1) is 0 Å². The van der Waals surface area contributed by atoms with E-state index < -0.39 is 0 Å². The number of phenols is 1. The topological polar surface area (TPSA) is 46.0 Å². The van der Waals surface area contributed by atoms with Crippen LogP contribution >= 0.6 is 0 Å². The molecule has 0 atom stereocenters. The van der Waals surface area contributed by atoms with Gasteiger partial charge in [-0.05, 0) is 24.1 Å². The lowest BCUT2D eigenvalue weighted by atomic mass is 10.1. The second-order valence-corrected chi connectivity index (χ2v) is 3.13. The highest BCUT2D eigenvalue weighted by atomic mass is 16.3. The van der Waals surface area contributed by atoms with Crippen LogP contribution in [0, 0.1) is 6.92 Å². The van der Waals surface area contributed by atoms with Crippen LogP contribution < -0.4 is 0 Å². The van der Waals surface area contributed by atoms with E-state index in [0.29, 0.717) is 5.75 Å². The molecule has 1 aromatic carbocycles. The van der Waals surface area contributed by atoms with Crippen molar-refractivity contribution in [3.05, 3.63) is 42.5 Å². The van der Waals surface area contributed by atoms with Crippen LogP contribution in [0.15, 0.2) is 36.9 Å². The summed E-state index contributed by atoms with van der Waals surface area (Å²) in [7, 11) is 0. The summed E-state index contributed by atoms with van der Waals surface area (Å²) in [6.45, 7) is 1.86. The molecule has 0 radical (unpaired) electrons. The van der Waals surface area contributed by atoms with Gasteiger partial charge in [0.05, 0.1) is 0 Å². The van der Waals surface area contributed by atoms with Gasteiger partial charge in [0, 0.05) is 18.0 Å². The Morgan fingerprint density at radius 3 is 2.43 bits per heavy atom. The summed E-state index contributed by atoms with van der Waals surface area (Å²) >= 11 is 0. The van der Waals surface area contributed by atoms with E-state index in [2.05, 4.69) is 9.97 Å². The smallest absolute Gasteiger partial charge is 0.119 e. The van der Waals surface area contributed by atoms with Crippen LogP contribution in [0.3, 0.4) is 0 Å². The largest absolute Gasteiger partial charge is 0.508 e. The molecule has 0 saturated heterocycles. The number of benzene rings is 1. The van der Waals surface area contributed by atoms with Gasteiger partial charge in [-0.25, -0.2) is 9.97 Å². The first-order valence-corrected chi connectivity index (χ1v) is 4.32. The highest BCUT2D eigenvalue weighted by Crippen LogP contribution is 2.24. The molecule has 0 saturated carbocycles. The van der Waals surface area contributed by atoms with Crippen molar-refractivity contribution in [3.8, 4) is 16.9 Å². The summed E-state index contributed by atoms with van der Waals surface area (Å²) in [6, 6.07) is 5.53. The van der Waals surface area contributed by atoms with Gasteiger partial charge < -0.3 is 5.11 Å². The van der Waals surface area contributed by atoms with Crippen molar-refractivity contribution in [2.75, 3.05) is 0 Å². The summed E-state index contributed by atoms with van der Waals surface area (Å²) in [6.07, 6.45) is 4.92. The fraction of sp³-hybridized carbons (Fsp3) is 0.0909. The van der Waals surface area contributed by atoms with Crippen molar-refractivity contribution in [2.24, 2.45) is 0 Å². The summed E-state index contributed by atoms with van der Waals surface area (Å²) in [5.41, 5.74) is 2.70. The maximum atomic E-state index is 9.52. The lowest BCUT2D eigenvalue weighted by Gasteiger charge is -2.02. The molecule has 0 aliphatic carbocycles. The molecule has 0 aliphatic rings. The van der Waals surface area contributed by atoms with Gasteiger partial charge in [0.2, 0.25) is 0 Å². The molecule has 0 amide bonds. The van der Waals surface area contributed by atoms with E-state index in [-0.39, 0.29) is 0 Å². The van der Waals surface area contributed by atoms with Crippen LogP contribution in [-0.4, -0.2) is 15.1 Å². The molecule has 0 unspecified atom stereocenters. The molecule has 2 rings (SSSR count). The molecule has 1 heterocycles. The molecule has 2 aromatic rings. The van der Waals surface area contributed by atoms with Gasteiger partial charge in [-0.3, -0.25) is 0 Å². The van der Waals surface area contributed by atoms with Crippen molar-refractivity contribution in [3.63, 3.8) is 0 Å². The first-order valence-electron chi connectivity index (χ1n) is 4.32. The molecule has 1 N–H and O–H groups in total. The van der Waals surface area contributed by atoms with E-state index in [9.17, 15) is 5.11 Å². The summed E-state index contributed by atoms with van der Waals surface area (Å²) in [5, 5.41) is 9.52. The maximum Gasteiger partial charge on any atom is 0.119 e. The SMILES string of the molecule is Cc1ccc(-c2cncnc2)cc1O. The van der Waals surface area contributed by atoms with E-state index in [1.807, 2.05) is 19.1 Å². The third kappa shape index (κ3) is 1.57. The standard InChI is InChI=1S/C11H10N2O/c1-8-2-3-9(4-11(8)14)10-5-12-7-13-6-10/h2-7,14H,1H3. The quantitative estimate of drug-likeness (QED) is 0.742. The predicted molar refractivity (Wildman–Crippen MR) is 53.9 cm³/mol. The molecule has 1 aromatic heterocycles. The van der Waals surface area contributed by atoms with Crippen LogP contribution in [0.1, 0.15) is 5.56 Å². The number of nitrogens with zero attached hydrogens (tertiary/aromatic N) is 2. The zero-order chi connectivity index (χ0) is 9.97. The van der Waals surface area contributed by atoms with Crippen LogP contribution in [0.2, 0.25) is 0 Å². The zero-order valence-corrected chi connectivity index (χ0v) is 7.81. The highest BCUT2D eigenvalue weighted by molar-refractivity contribution is 5.64. The molecule has 0 bridgehead atoms. The Balaban J connectivity index is 2.48. The minimum atomic E-state index is 0.298. The van der Waals surface area contributed by atoms with E-state index in [4.69, 9.17) is 0 Å². The Hall–Kier alpha value is -1.90. The Morgan fingerprint density at radius 1 is 1.07 bits per heavy atom. The fourth-order valence-electron chi connectivity index (χ4n) is 1.24. The molecular formula is C11H10N2O. The van der Waals surface area contributed by atoms with Crippen molar-refractivity contribution < 1.29 is 5.11 Å². The Bertz CT molecular complexity index is 440. The van der Waals surface area contributed by atoms with Crippen molar-refractivity contribution >= 4 is 0 Å². The monoisotopic (exact) mass is 186 g/mol. The molecule has 0 spiro atoms. The second-order valence-electron chi connectivity index (χ2n) is 3.13. The van der Waals surface area contributed by atoms with Crippen molar-refractivity contribution in [1.82, 2.24) is 9.97 Å². The van der Waals surface area contributed by atoms with Gasteiger partial charge >= 0.3 is 0 Å². The molecule has 0 aliphatic heterocycles.